The van der Waals surface area contributed by atoms with Crippen LogP contribution in [0.1, 0.15) is 194 Å². The Kier molecular flexibility index (Phi) is 30.4. The Labute approximate surface area is 238 Å². The standard InChI is InChI=1S/C34H69NO3/c1-3-5-7-9-11-13-15-17-19-21-23-25-27-29-33(37)32(31-36)35-34(38)30-28-26-24-22-20-18-16-14-12-10-8-6-4-2/h32-33,36-37H,3-31H2,1-2H3,(H,35,38)/t32?,33-/m1/s1. The Morgan fingerprint density at radius 1 is 0.526 bits per heavy atom. The predicted octanol–water partition coefficient (Wildman–Crippen LogP) is 9.79. The maximum absolute atomic E-state index is 12.3. The fourth-order valence-corrected chi connectivity index (χ4v) is 5.42. The highest BCUT2D eigenvalue weighted by Crippen LogP contribution is 2.15. The van der Waals surface area contributed by atoms with Gasteiger partial charge in [0.05, 0.1) is 18.8 Å². The number of hydrogen-bond donors (Lipinski definition) is 3. The molecule has 0 fully saturated rings. The molecule has 0 saturated carbocycles. The molecule has 4 nitrogen and oxygen atoms in total. The fourth-order valence-electron chi connectivity index (χ4n) is 5.42. The molecule has 1 unspecified atom stereocenters. The lowest BCUT2D eigenvalue weighted by Gasteiger charge is -2.22. The van der Waals surface area contributed by atoms with E-state index in [4.69, 9.17) is 0 Å². The number of hydrogen-bond acceptors (Lipinski definition) is 3. The lowest BCUT2D eigenvalue weighted by molar-refractivity contribution is -0.123. The summed E-state index contributed by atoms with van der Waals surface area (Å²) in [4.78, 5) is 12.3. The second kappa shape index (κ2) is 30.9. The van der Waals surface area contributed by atoms with Crippen molar-refractivity contribution in [1.29, 1.82) is 0 Å². The molecule has 2 atom stereocenters. The van der Waals surface area contributed by atoms with Gasteiger partial charge in [0.25, 0.3) is 0 Å². The van der Waals surface area contributed by atoms with Crippen LogP contribution < -0.4 is 5.32 Å². The van der Waals surface area contributed by atoms with E-state index in [0.717, 1.165) is 25.7 Å². The smallest absolute Gasteiger partial charge is 0.220 e. The minimum atomic E-state index is -0.650. The van der Waals surface area contributed by atoms with Crippen LogP contribution in [0.5, 0.6) is 0 Å². The normalized spacial score (nSPS) is 13.1. The lowest BCUT2D eigenvalue weighted by atomic mass is 10.0. The van der Waals surface area contributed by atoms with E-state index >= 15 is 0 Å². The highest BCUT2D eigenvalue weighted by molar-refractivity contribution is 5.76. The van der Waals surface area contributed by atoms with Crippen molar-refractivity contribution in [3.63, 3.8) is 0 Å². The number of carbonyl (C=O) groups excluding carboxylic acids is 1. The van der Waals surface area contributed by atoms with Gasteiger partial charge in [-0.05, 0) is 12.8 Å². The predicted molar refractivity (Wildman–Crippen MR) is 166 cm³/mol. The van der Waals surface area contributed by atoms with Gasteiger partial charge in [0.2, 0.25) is 5.91 Å². The molecule has 38 heavy (non-hydrogen) atoms. The highest BCUT2D eigenvalue weighted by Gasteiger charge is 2.19. The number of unbranched alkanes of at least 4 members (excludes halogenated alkanes) is 24. The van der Waals surface area contributed by atoms with Gasteiger partial charge in [-0.25, -0.2) is 0 Å². The van der Waals surface area contributed by atoms with Gasteiger partial charge in [-0.1, -0.05) is 174 Å². The molecule has 3 N–H and O–H groups in total. The van der Waals surface area contributed by atoms with Gasteiger partial charge in [-0.2, -0.15) is 0 Å². The third-order valence-electron chi connectivity index (χ3n) is 8.12. The molecule has 0 saturated heterocycles. The first-order valence-electron chi connectivity index (χ1n) is 17.2. The summed E-state index contributed by atoms with van der Waals surface area (Å²) in [5.41, 5.74) is 0. The molecule has 0 rings (SSSR count). The molecule has 0 heterocycles. The van der Waals surface area contributed by atoms with Crippen LogP contribution >= 0.6 is 0 Å². The van der Waals surface area contributed by atoms with Crippen LogP contribution in [0.15, 0.2) is 0 Å². The van der Waals surface area contributed by atoms with Gasteiger partial charge in [-0.15, -0.1) is 0 Å². The monoisotopic (exact) mass is 540 g/mol. The molecular weight excluding hydrogens is 470 g/mol. The highest BCUT2D eigenvalue weighted by atomic mass is 16.3. The van der Waals surface area contributed by atoms with E-state index in [9.17, 15) is 15.0 Å². The number of carbonyl (C=O) groups is 1. The van der Waals surface area contributed by atoms with Crippen molar-refractivity contribution in [2.45, 2.75) is 206 Å². The topological polar surface area (TPSA) is 69.6 Å². The van der Waals surface area contributed by atoms with E-state index in [2.05, 4.69) is 19.2 Å². The largest absolute Gasteiger partial charge is 0.394 e. The molecule has 228 valence electrons. The molecule has 0 aliphatic heterocycles. The van der Waals surface area contributed by atoms with Crippen molar-refractivity contribution in [2.75, 3.05) is 6.61 Å². The Hall–Kier alpha value is -0.610. The summed E-state index contributed by atoms with van der Waals surface area (Å²) in [7, 11) is 0. The van der Waals surface area contributed by atoms with E-state index in [1.807, 2.05) is 0 Å². The SMILES string of the molecule is CCCCCCCCCCCCCCCC(=O)NC(CO)[C@H](O)CCCCCCCCCCCCCCC. The Morgan fingerprint density at radius 2 is 0.842 bits per heavy atom. The molecule has 0 aromatic heterocycles. The minimum Gasteiger partial charge on any atom is -0.394 e. The Bertz CT molecular complexity index is 471. The zero-order valence-electron chi connectivity index (χ0n) is 26.0. The number of aliphatic hydroxyl groups is 2. The molecular formula is C34H69NO3. The van der Waals surface area contributed by atoms with Crippen LogP contribution in [0.2, 0.25) is 0 Å². The molecule has 0 spiro atoms. The van der Waals surface area contributed by atoms with E-state index in [1.165, 1.54) is 141 Å². The lowest BCUT2D eigenvalue weighted by Crippen LogP contribution is -2.45. The Balaban J connectivity index is 3.55. The molecule has 0 aromatic carbocycles. The van der Waals surface area contributed by atoms with Crippen molar-refractivity contribution < 1.29 is 15.0 Å². The van der Waals surface area contributed by atoms with Gasteiger partial charge >= 0.3 is 0 Å². The minimum absolute atomic E-state index is 0.0310. The van der Waals surface area contributed by atoms with Gasteiger partial charge < -0.3 is 15.5 Å². The molecule has 4 heteroatoms. The quantitative estimate of drug-likeness (QED) is 0.0768. The number of nitrogens with one attached hydrogen (secondary N) is 1. The summed E-state index contributed by atoms with van der Waals surface area (Å²) < 4.78 is 0. The number of rotatable bonds is 31. The number of amides is 1. The van der Waals surface area contributed by atoms with Crippen molar-refractivity contribution in [2.24, 2.45) is 0 Å². The van der Waals surface area contributed by atoms with Crippen molar-refractivity contribution in [1.82, 2.24) is 5.32 Å². The molecule has 0 radical (unpaired) electrons. The third-order valence-corrected chi connectivity index (χ3v) is 8.12. The summed E-state index contributed by atoms with van der Waals surface area (Å²) in [6.07, 6.45) is 34.3. The Morgan fingerprint density at radius 3 is 1.18 bits per heavy atom. The third kappa shape index (κ3) is 27.0. The summed E-state index contributed by atoms with van der Waals surface area (Å²) >= 11 is 0. The van der Waals surface area contributed by atoms with Gasteiger partial charge in [0.1, 0.15) is 0 Å². The maximum Gasteiger partial charge on any atom is 0.220 e. The van der Waals surface area contributed by atoms with Crippen molar-refractivity contribution >= 4 is 5.91 Å². The number of aliphatic hydroxyl groups excluding tert-OH is 2. The van der Waals surface area contributed by atoms with Gasteiger partial charge in [0.15, 0.2) is 0 Å². The van der Waals surface area contributed by atoms with Crippen molar-refractivity contribution in [3.8, 4) is 0 Å². The van der Waals surface area contributed by atoms with E-state index in [-0.39, 0.29) is 12.5 Å². The summed E-state index contributed by atoms with van der Waals surface area (Å²) in [5.74, 6) is -0.0310. The second-order valence-electron chi connectivity index (χ2n) is 11.9. The average molecular weight is 540 g/mol. The first kappa shape index (κ1) is 37.4. The second-order valence-corrected chi connectivity index (χ2v) is 11.9. The van der Waals surface area contributed by atoms with E-state index < -0.39 is 12.1 Å². The zero-order chi connectivity index (χ0) is 27.9. The maximum atomic E-state index is 12.3. The summed E-state index contributed by atoms with van der Waals surface area (Å²) in [6.45, 7) is 4.35. The summed E-state index contributed by atoms with van der Waals surface area (Å²) in [5, 5.41) is 23.0. The zero-order valence-corrected chi connectivity index (χ0v) is 26.0. The summed E-state index contributed by atoms with van der Waals surface area (Å²) in [6, 6.07) is -0.526. The first-order chi connectivity index (χ1) is 18.7. The fraction of sp³-hybridized carbons (Fsp3) is 0.971. The van der Waals surface area contributed by atoms with Crippen LogP contribution in [0.4, 0.5) is 0 Å². The van der Waals surface area contributed by atoms with Crippen LogP contribution in [0.25, 0.3) is 0 Å². The van der Waals surface area contributed by atoms with E-state index in [0.29, 0.717) is 12.8 Å². The van der Waals surface area contributed by atoms with E-state index in [1.54, 1.807) is 0 Å². The van der Waals surface area contributed by atoms with Crippen LogP contribution in [0.3, 0.4) is 0 Å². The average Bonchev–Trinajstić information content (AvgIpc) is 2.92. The molecule has 0 bridgehead atoms. The van der Waals surface area contributed by atoms with Crippen molar-refractivity contribution in [3.05, 3.63) is 0 Å². The molecule has 0 aliphatic rings. The molecule has 0 aliphatic carbocycles. The van der Waals surface area contributed by atoms with Crippen LogP contribution in [-0.2, 0) is 4.79 Å². The van der Waals surface area contributed by atoms with Gasteiger partial charge in [0, 0.05) is 6.42 Å². The van der Waals surface area contributed by atoms with Gasteiger partial charge in [-0.3, -0.25) is 4.79 Å². The van der Waals surface area contributed by atoms with Crippen LogP contribution in [0, 0.1) is 0 Å². The molecule has 1 amide bonds. The molecule has 0 aromatic rings. The first-order valence-corrected chi connectivity index (χ1v) is 17.2. The van der Waals surface area contributed by atoms with Crippen LogP contribution in [-0.4, -0.2) is 34.9 Å².